The Morgan fingerprint density at radius 3 is 2.69 bits per heavy atom. The molecule has 1 aliphatic rings. The Bertz CT molecular complexity index is 600. The van der Waals surface area contributed by atoms with Gasteiger partial charge in [0, 0.05) is 38.9 Å². The molecule has 2 rings (SSSR count). The predicted molar refractivity (Wildman–Crippen MR) is 101 cm³/mol. The zero-order valence-electron chi connectivity index (χ0n) is 16.0. The van der Waals surface area contributed by atoms with Crippen LogP contribution in [0.3, 0.4) is 0 Å². The van der Waals surface area contributed by atoms with E-state index in [1.165, 1.54) is 0 Å². The molecule has 7 heteroatoms. The molecule has 0 bridgehead atoms. The molecule has 2 heterocycles. The van der Waals surface area contributed by atoms with Crippen LogP contribution in [0.4, 0.5) is 10.5 Å². The monoisotopic (exact) mass is 362 g/mol. The summed E-state index contributed by atoms with van der Waals surface area (Å²) >= 11 is 0. The molecule has 1 aliphatic heterocycles. The zero-order chi connectivity index (χ0) is 18.9. The van der Waals surface area contributed by atoms with Gasteiger partial charge in [0.25, 0.3) is 5.91 Å². The zero-order valence-corrected chi connectivity index (χ0v) is 16.0. The number of nitrogens with zero attached hydrogens (tertiary/aromatic N) is 3. The van der Waals surface area contributed by atoms with Crippen LogP contribution in [0.1, 0.15) is 49.9 Å². The lowest BCUT2D eigenvalue weighted by Crippen LogP contribution is -2.46. The minimum Gasteiger partial charge on any atom is -0.450 e. The number of amides is 2. The fourth-order valence-corrected chi connectivity index (χ4v) is 2.97. The van der Waals surface area contributed by atoms with Crippen molar-refractivity contribution in [1.29, 1.82) is 0 Å². The molecule has 1 aromatic heterocycles. The number of likely N-dealkylation sites (tertiary alicyclic amines) is 1. The first-order chi connectivity index (χ1) is 12.5. The first-order valence-corrected chi connectivity index (χ1v) is 9.43. The summed E-state index contributed by atoms with van der Waals surface area (Å²) < 4.78 is 5.02. The van der Waals surface area contributed by atoms with E-state index in [4.69, 9.17) is 4.74 Å². The van der Waals surface area contributed by atoms with Gasteiger partial charge < -0.3 is 19.9 Å². The van der Waals surface area contributed by atoms with E-state index in [9.17, 15) is 9.59 Å². The quantitative estimate of drug-likeness (QED) is 0.807. The van der Waals surface area contributed by atoms with E-state index in [1.54, 1.807) is 24.2 Å². The number of rotatable bonds is 7. The average Bonchev–Trinajstić information content (AvgIpc) is 2.67. The molecular weight excluding hydrogens is 332 g/mol. The fraction of sp³-hybridized carbons (Fsp3) is 0.632. The Balaban J connectivity index is 1.87. The van der Waals surface area contributed by atoms with Crippen LogP contribution in [0, 0.1) is 0 Å². The van der Waals surface area contributed by atoms with Crippen LogP contribution in [0.5, 0.6) is 0 Å². The SMILES string of the molecule is CCCCN(C)c1cncc(C(=O)NC2CCN(C(=O)OCC)CC2)c1. The third-order valence-electron chi connectivity index (χ3n) is 4.63. The summed E-state index contributed by atoms with van der Waals surface area (Å²) in [5.74, 6) is -0.113. The van der Waals surface area contributed by atoms with Crippen LogP contribution < -0.4 is 10.2 Å². The molecule has 1 fully saturated rings. The standard InChI is InChI=1S/C19H30N4O3/c1-4-6-9-22(3)17-12-15(13-20-14-17)18(24)21-16-7-10-23(11-8-16)19(25)26-5-2/h12-14,16H,4-11H2,1-3H3,(H,21,24). The molecule has 0 radical (unpaired) electrons. The Kier molecular flexibility index (Phi) is 7.69. The number of anilines is 1. The van der Waals surface area contributed by atoms with E-state index in [-0.39, 0.29) is 18.0 Å². The number of aromatic nitrogens is 1. The topological polar surface area (TPSA) is 74.8 Å². The summed E-state index contributed by atoms with van der Waals surface area (Å²) in [6.45, 7) is 6.47. The van der Waals surface area contributed by atoms with Crippen LogP contribution in [0.25, 0.3) is 0 Å². The first kappa shape index (κ1) is 20.0. The number of pyridine rings is 1. The highest BCUT2D eigenvalue weighted by Gasteiger charge is 2.25. The number of unbranched alkanes of at least 4 members (excludes halogenated alkanes) is 1. The van der Waals surface area contributed by atoms with Gasteiger partial charge in [-0.05, 0) is 32.3 Å². The van der Waals surface area contributed by atoms with Crippen molar-refractivity contribution in [3.63, 3.8) is 0 Å². The van der Waals surface area contributed by atoms with Crippen molar-refractivity contribution in [3.8, 4) is 0 Å². The van der Waals surface area contributed by atoms with Crippen LogP contribution in [0.2, 0.25) is 0 Å². The maximum atomic E-state index is 12.5. The van der Waals surface area contributed by atoms with Crippen molar-refractivity contribution >= 4 is 17.7 Å². The van der Waals surface area contributed by atoms with E-state index in [1.807, 2.05) is 13.1 Å². The van der Waals surface area contributed by atoms with E-state index in [2.05, 4.69) is 22.1 Å². The van der Waals surface area contributed by atoms with Crippen LogP contribution in [-0.4, -0.2) is 61.2 Å². The molecule has 1 aromatic rings. The van der Waals surface area contributed by atoms with E-state index >= 15 is 0 Å². The molecule has 0 saturated carbocycles. The number of piperidine rings is 1. The lowest BCUT2D eigenvalue weighted by molar-refractivity contribution is 0.0860. The number of carbonyl (C=O) groups excluding carboxylic acids is 2. The van der Waals surface area contributed by atoms with Crippen molar-refractivity contribution in [2.45, 2.75) is 45.6 Å². The summed E-state index contributed by atoms with van der Waals surface area (Å²) in [7, 11) is 2.01. The van der Waals surface area contributed by atoms with Gasteiger partial charge in [0.05, 0.1) is 24.1 Å². The number of hydrogen-bond donors (Lipinski definition) is 1. The van der Waals surface area contributed by atoms with Gasteiger partial charge in [0.2, 0.25) is 0 Å². The van der Waals surface area contributed by atoms with Crippen molar-refractivity contribution in [3.05, 3.63) is 24.0 Å². The molecule has 1 saturated heterocycles. The maximum absolute atomic E-state index is 12.5. The van der Waals surface area contributed by atoms with Crippen LogP contribution in [-0.2, 0) is 4.74 Å². The smallest absolute Gasteiger partial charge is 0.409 e. The van der Waals surface area contributed by atoms with Gasteiger partial charge in [-0.1, -0.05) is 13.3 Å². The summed E-state index contributed by atoms with van der Waals surface area (Å²) in [5, 5.41) is 3.06. The van der Waals surface area contributed by atoms with E-state index in [0.29, 0.717) is 25.3 Å². The molecule has 2 amide bonds. The van der Waals surface area contributed by atoms with Crippen molar-refractivity contribution in [2.24, 2.45) is 0 Å². The number of hydrogen-bond acceptors (Lipinski definition) is 5. The van der Waals surface area contributed by atoms with Gasteiger partial charge in [0.1, 0.15) is 0 Å². The molecule has 0 unspecified atom stereocenters. The highest BCUT2D eigenvalue weighted by atomic mass is 16.6. The van der Waals surface area contributed by atoms with Gasteiger partial charge >= 0.3 is 6.09 Å². The fourth-order valence-electron chi connectivity index (χ4n) is 2.97. The molecule has 0 aliphatic carbocycles. The largest absolute Gasteiger partial charge is 0.450 e. The highest BCUT2D eigenvalue weighted by Crippen LogP contribution is 2.16. The molecule has 0 atom stereocenters. The van der Waals surface area contributed by atoms with Gasteiger partial charge in [-0.25, -0.2) is 4.79 Å². The highest BCUT2D eigenvalue weighted by molar-refractivity contribution is 5.95. The maximum Gasteiger partial charge on any atom is 0.409 e. The third-order valence-corrected chi connectivity index (χ3v) is 4.63. The Morgan fingerprint density at radius 1 is 1.31 bits per heavy atom. The second-order valence-corrected chi connectivity index (χ2v) is 6.64. The lowest BCUT2D eigenvalue weighted by atomic mass is 10.0. The van der Waals surface area contributed by atoms with Crippen LogP contribution >= 0.6 is 0 Å². The van der Waals surface area contributed by atoms with Crippen molar-refractivity contribution in [2.75, 3.05) is 38.2 Å². The summed E-state index contributed by atoms with van der Waals surface area (Å²) in [6.07, 6.45) is 6.80. The molecular formula is C19H30N4O3. The van der Waals surface area contributed by atoms with E-state index in [0.717, 1.165) is 37.9 Å². The Labute approximate surface area is 155 Å². The molecule has 26 heavy (non-hydrogen) atoms. The second-order valence-electron chi connectivity index (χ2n) is 6.64. The molecule has 1 N–H and O–H groups in total. The van der Waals surface area contributed by atoms with Gasteiger partial charge in [-0.15, -0.1) is 0 Å². The molecule has 0 spiro atoms. The normalized spacial score (nSPS) is 14.8. The Morgan fingerprint density at radius 2 is 2.04 bits per heavy atom. The van der Waals surface area contributed by atoms with Gasteiger partial charge in [-0.2, -0.15) is 0 Å². The van der Waals surface area contributed by atoms with E-state index < -0.39 is 0 Å². The van der Waals surface area contributed by atoms with Gasteiger partial charge in [0.15, 0.2) is 0 Å². The van der Waals surface area contributed by atoms with Crippen molar-refractivity contribution < 1.29 is 14.3 Å². The minimum absolute atomic E-state index is 0.0645. The average molecular weight is 362 g/mol. The second kappa shape index (κ2) is 9.99. The molecule has 144 valence electrons. The number of ether oxygens (including phenoxy) is 1. The molecule has 7 nitrogen and oxygen atoms in total. The Hall–Kier alpha value is -2.31. The predicted octanol–water partition coefficient (Wildman–Crippen LogP) is 2.67. The number of carbonyl (C=O) groups is 2. The summed E-state index contributed by atoms with van der Waals surface area (Å²) in [4.78, 5) is 32.3. The van der Waals surface area contributed by atoms with Crippen molar-refractivity contribution in [1.82, 2.24) is 15.2 Å². The minimum atomic E-state index is -0.274. The van der Waals surface area contributed by atoms with Crippen LogP contribution in [0.15, 0.2) is 18.5 Å². The summed E-state index contributed by atoms with van der Waals surface area (Å²) in [5.41, 5.74) is 1.52. The summed E-state index contributed by atoms with van der Waals surface area (Å²) in [6, 6.07) is 1.95. The lowest BCUT2D eigenvalue weighted by Gasteiger charge is -2.31. The number of nitrogens with one attached hydrogen (secondary N) is 1. The third kappa shape index (κ3) is 5.61. The van der Waals surface area contributed by atoms with Gasteiger partial charge in [-0.3, -0.25) is 9.78 Å². The first-order valence-electron chi connectivity index (χ1n) is 9.43. The molecule has 0 aromatic carbocycles.